The standard InChI is InChI=1S/C11H17NO2S3/c13-17(14,11-6-3-8-16-11)12-7-9-15-10-4-1-2-5-10/h3,6,8,10,12H,1-2,4-5,7,9H2. The first-order valence-corrected chi connectivity index (χ1v) is 9.24. The number of rotatable bonds is 6. The van der Waals surface area contributed by atoms with E-state index in [1.807, 2.05) is 11.8 Å². The fourth-order valence-electron chi connectivity index (χ4n) is 1.94. The highest BCUT2D eigenvalue weighted by molar-refractivity contribution is 8.00. The van der Waals surface area contributed by atoms with Crippen molar-refractivity contribution in [2.45, 2.75) is 35.1 Å². The number of hydrogen-bond donors (Lipinski definition) is 1. The van der Waals surface area contributed by atoms with Gasteiger partial charge in [0.15, 0.2) is 0 Å². The van der Waals surface area contributed by atoms with Crippen LogP contribution in [0.2, 0.25) is 0 Å². The maximum absolute atomic E-state index is 11.8. The van der Waals surface area contributed by atoms with E-state index in [1.165, 1.54) is 37.0 Å². The van der Waals surface area contributed by atoms with E-state index in [0.717, 1.165) is 11.0 Å². The molecule has 0 aromatic carbocycles. The van der Waals surface area contributed by atoms with E-state index in [2.05, 4.69) is 4.72 Å². The molecule has 3 nitrogen and oxygen atoms in total. The Morgan fingerprint density at radius 3 is 2.82 bits per heavy atom. The van der Waals surface area contributed by atoms with Crippen LogP contribution in [0, 0.1) is 0 Å². The zero-order valence-corrected chi connectivity index (χ0v) is 12.0. The van der Waals surface area contributed by atoms with Crippen LogP contribution in [0.25, 0.3) is 0 Å². The van der Waals surface area contributed by atoms with E-state index >= 15 is 0 Å². The van der Waals surface area contributed by atoms with Crippen LogP contribution < -0.4 is 4.72 Å². The molecule has 1 aliphatic carbocycles. The fourth-order valence-corrected chi connectivity index (χ4v) is 5.36. The number of nitrogens with one attached hydrogen (secondary N) is 1. The summed E-state index contributed by atoms with van der Waals surface area (Å²) >= 11 is 3.15. The van der Waals surface area contributed by atoms with Crippen molar-refractivity contribution in [3.05, 3.63) is 17.5 Å². The molecule has 0 spiro atoms. The molecule has 1 aromatic rings. The molecule has 1 saturated carbocycles. The number of thiophene rings is 1. The molecule has 0 bridgehead atoms. The van der Waals surface area contributed by atoms with Crippen LogP contribution in [0.3, 0.4) is 0 Å². The first-order chi connectivity index (χ1) is 8.18. The summed E-state index contributed by atoms with van der Waals surface area (Å²) in [5, 5.41) is 2.53. The van der Waals surface area contributed by atoms with Gasteiger partial charge in [0.25, 0.3) is 0 Å². The van der Waals surface area contributed by atoms with E-state index in [9.17, 15) is 8.42 Å². The summed E-state index contributed by atoms with van der Waals surface area (Å²) in [5.74, 6) is 0.870. The van der Waals surface area contributed by atoms with Gasteiger partial charge in [-0.15, -0.1) is 11.3 Å². The molecule has 6 heteroatoms. The summed E-state index contributed by atoms with van der Waals surface area (Å²) in [6.07, 6.45) is 5.25. The molecule has 0 radical (unpaired) electrons. The normalized spacial score (nSPS) is 17.6. The highest BCUT2D eigenvalue weighted by Crippen LogP contribution is 2.29. The molecule has 1 heterocycles. The Morgan fingerprint density at radius 1 is 1.41 bits per heavy atom. The predicted octanol–water partition coefficient (Wildman–Crippen LogP) is 2.70. The smallest absolute Gasteiger partial charge is 0.210 e. The minimum absolute atomic E-state index is 0.406. The van der Waals surface area contributed by atoms with Gasteiger partial charge in [0.2, 0.25) is 10.0 Å². The minimum Gasteiger partial charge on any atom is -0.210 e. The van der Waals surface area contributed by atoms with Crippen molar-refractivity contribution in [3.8, 4) is 0 Å². The monoisotopic (exact) mass is 291 g/mol. The summed E-state index contributed by atoms with van der Waals surface area (Å²) in [4.78, 5) is 0. The predicted molar refractivity (Wildman–Crippen MR) is 74.2 cm³/mol. The molecular formula is C11H17NO2S3. The first kappa shape index (κ1) is 13.4. The van der Waals surface area contributed by atoms with Crippen LogP contribution in [0.4, 0.5) is 0 Å². The van der Waals surface area contributed by atoms with E-state index in [4.69, 9.17) is 0 Å². The lowest BCUT2D eigenvalue weighted by Gasteiger charge is -2.09. The lowest BCUT2D eigenvalue weighted by Crippen LogP contribution is -2.25. The Kier molecular flexibility index (Phi) is 4.90. The molecule has 1 aromatic heterocycles. The Balaban J connectivity index is 1.71. The van der Waals surface area contributed by atoms with Crippen molar-refractivity contribution in [1.82, 2.24) is 4.72 Å². The number of hydrogen-bond acceptors (Lipinski definition) is 4. The fraction of sp³-hybridized carbons (Fsp3) is 0.636. The summed E-state index contributed by atoms with van der Waals surface area (Å²) < 4.78 is 26.6. The van der Waals surface area contributed by atoms with Crippen LogP contribution in [-0.4, -0.2) is 26.0 Å². The van der Waals surface area contributed by atoms with Gasteiger partial charge in [0, 0.05) is 17.5 Å². The molecule has 2 rings (SSSR count). The van der Waals surface area contributed by atoms with Crippen molar-refractivity contribution in [1.29, 1.82) is 0 Å². The van der Waals surface area contributed by atoms with Crippen LogP contribution >= 0.6 is 23.1 Å². The molecule has 17 heavy (non-hydrogen) atoms. The lowest BCUT2D eigenvalue weighted by atomic mass is 10.4. The van der Waals surface area contributed by atoms with Crippen molar-refractivity contribution in [2.75, 3.05) is 12.3 Å². The average Bonchev–Trinajstić information content (AvgIpc) is 2.97. The van der Waals surface area contributed by atoms with Gasteiger partial charge in [-0.3, -0.25) is 0 Å². The third-order valence-corrected chi connectivity index (χ3v) is 7.05. The largest absolute Gasteiger partial charge is 0.250 e. The maximum Gasteiger partial charge on any atom is 0.250 e. The Bertz CT molecular complexity index is 422. The Morgan fingerprint density at radius 2 is 2.18 bits per heavy atom. The van der Waals surface area contributed by atoms with E-state index < -0.39 is 10.0 Å². The molecule has 1 fully saturated rings. The second-order valence-corrected chi connectivity index (χ2v) is 8.46. The molecule has 1 N–H and O–H groups in total. The molecule has 0 amide bonds. The summed E-state index contributed by atoms with van der Waals surface area (Å²) in [6, 6.07) is 3.39. The topological polar surface area (TPSA) is 46.2 Å². The van der Waals surface area contributed by atoms with Crippen molar-refractivity contribution in [2.24, 2.45) is 0 Å². The van der Waals surface area contributed by atoms with Gasteiger partial charge in [-0.05, 0) is 24.3 Å². The van der Waals surface area contributed by atoms with Crippen LogP contribution in [-0.2, 0) is 10.0 Å². The molecular weight excluding hydrogens is 274 g/mol. The van der Waals surface area contributed by atoms with Crippen LogP contribution in [0.5, 0.6) is 0 Å². The van der Waals surface area contributed by atoms with E-state index in [1.54, 1.807) is 17.5 Å². The van der Waals surface area contributed by atoms with Crippen LogP contribution in [0.1, 0.15) is 25.7 Å². The maximum atomic E-state index is 11.8. The van der Waals surface area contributed by atoms with Crippen molar-refractivity contribution >= 4 is 33.1 Å². The second kappa shape index (κ2) is 6.22. The summed E-state index contributed by atoms with van der Waals surface area (Å²) in [6.45, 7) is 0.529. The number of sulfonamides is 1. The van der Waals surface area contributed by atoms with Gasteiger partial charge in [-0.25, -0.2) is 13.1 Å². The molecule has 0 atom stereocenters. The quantitative estimate of drug-likeness (QED) is 0.820. The highest BCUT2D eigenvalue weighted by atomic mass is 32.2. The molecule has 0 aliphatic heterocycles. The SMILES string of the molecule is O=S(=O)(NCCSC1CCCC1)c1cccs1. The van der Waals surface area contributed by atoms with Gasteiger partial charge in [0.1, 0.15) is 4.21 Å². The Hall–Kier alpha value is -0.0400. The average molecular weight is 291 g/mol. The summed E-state index contributed by atoms with van der Waals surface area (Å²) in [5.41, 5.74) is 0. The minimum atomic E-state index is -3.26. The van der Waals surface area contributed by atoms with Gasteiger partial charge >= 0.3 is 0 Å². The van der Waals surface area contributed by atoms with Crippen molar-refractivity contribution in [3.63, 3.8) is 0 Å². The van der Waals surface area contributed by atoms with Gasteiger partial charge < -0.3 is 0 Å². The van der Waals surface area contributed by atoms with Gasteiger partial charge in [-0.2, -0.15) is 11.8 Å². The Labute approximate surface area is 111 Å². The molecule has 0 unspecified atom stereocenters. The molecule has 0 saturated heterocycles. The number of thioether (sulfide) groups is 1. The third kappa shape index (κ3) is 3.98. The summed E-state index contributed by atoms with van der Waals surface area (Å²) in [7, 11) is -3.26. The van der Waals surface area contributed by atoms with Crippen LogP contribution in [0.15, 0.2) is 21.7 Å². The van der Waals surface area contributed by atoms with E-state index in [0.29, 0.717) is 10.8 Å². The molecule has 96 valence electrons. The first-order valence-electron chi connectivity index (χ1n) is 5.83. The molecule has 1 aliphatic rings. The van der Waals surface area contributed by atoms with Crippen molar-refractivity contribution < 1.29 is 8.42 Å². The van der Waals surface area contributed by atoms with Gasteiger partial charge in [-0.1, -0.05) is 18.9 Å². The zero-order valence-electron chi connectivity index (χ0n) is 9.59. The zero-order chi connectivity index (χ0) is 12.1. The second-order valence-electron chi connectivity index (χ2n) is 4.11. The third-order valence-electron chi connectivity index (χ3n) is 2.81. The lowest BCUT2D eigenvalue weighted by molar-refractivity contribution is 0.586. The highest BCUT2D eigenvalue weighted by Gasteiger charge is 2.17. The van der Waals surface area contributed by atoms with E-state index in [-0.39, 0.29) is 0 Å². The van der Waals surface area contributed by atoms with Gasteiger partial charge in [0.05, 0.1) is 0 Å².